The fourth-order valence-corrected chi connectivity index (χ4v) is 8.01. The monoisotopic (exact) mass is 549 g/mol. The molecular weight excluding hydrogens is 526 g/mol. The van der Waals surface area contributed by atoms with Gasteiger partial charge in [0.05, 0.1) is 5.41 Å². The van der Waals surface area contributed by atoms with Gasteiger partial charge in [-0.05, 0) is 80.9 Å². The van der Waals surface area contributed by atoms with E-state index in [4.69, 9.17) is 11.6 Å². The molecule has 0 aromatic heterocycles. The van der Waals surface area contributed by atoms with Crippen LogP contribution in [0.25, 0.3) is 22.3 Å². The minimum atomic E-state index is -0.385. The van der Waals surface area contributed by atoms with Gasteiger partial charge in [0.25, 0.3) is 0 Å². The lowest BCUT2D eigenvalue weighted by molar-refractivity contribution is 0.722. The van der Waals surface area contributed by atoms with E-state index >= 15 is 0 Å². The molecule has 0 unspecified atom stereocenters. The van der Waals surface area contributed by atoms with Gasteiger partial charge in [0.15, 0.2) is 0 Å². The summed E-state index contributed by atoms with van der Waals surface area (Å²) < 4.78 is 0. The number of nitrogens with one attached hydrogen (secondary N) is 1. The average Bonchev–Trinajstić information content (AvgIpc) is 3.29. The highest BCUT2D eigenvalue weighted by molar-refractivity contribution is 7.99. The lowest BCUT2D eigenvalue weighted by Gasteiger charge is -2.40. The van der Waals surface area contributed by atoms with Crippen molar-refractivity contribution in [3.8, 4) is 22.3 Å². The molecule has 1 nitrogen and oxygen atoms in total. The van der Waals surface area contributed by atoms with Crippen LogP contribution < -0.4 is 5.32 Å². The van der Waals surface area contributed by atoms with Crippen molar-refractivity contribution in [2.45, 2.75) is 15.2 Å². The molecule has 6 aromatic carbocycles. The second kappa shape index (κ2) is 9.16. The van der Waals surface area contributed by atoms with E-state index in [1.54, 1.807) is 11.8 Å². The number of hydrogen-bond donors (Lipinski definition) is 1. The topological polar surface area (TPSA) is 12.0 Å². The molecule has 6 aromatic rings. The molecule has 0 saturated heterocycles. The zero-order valence-corrected chi connectivity index (χ0v) is 23.1. The summed E-state index contributed by atoms with van der Waals surface area (Å²) in [4.78, 5) is 2.45. The third kappa shape index (κ3) is 3.50. The Morgan fingerprint density at radius 3 is 1.73 bits per heavy atom. The summed E-state index contributed by atoms with van der Waals surface area (Å²) in [5.41, 5.74) is 12.1. The minimum Gasteiger partial charge on any atom is -0.355 e. The van der Waals surface area contributed by atoms with Gasteiger partial charge in [-0.1, -0.05) is 126 Å². The maximum Gasteiger partial charge on any atom is 0.0735 e. The first-order chi connectivity index (χ1) is 19.7. The first-order valence-electron chi connectivity index (χ1n) is 13.5. The third-order valence-electron chi connectivity index (χ3n) is 8.19. The van der Waals surface area contributed by atoms with E-state index in [9.17, 15) is 0 Å². The average molecular weight is 550 g/mol. The number of rotatable bonds is 3. The molecule has 1 spiro atoms. The molecule has 190 valence electrons. The Bertz CT molecular complexity index is 1860. The predicted octanol–water partition coefficient (Wildman–Crippen LogP) is 10.6. The van der Waals surface area contributed by atoms with Crippen LogP contribution in [0.3, 0.4) is 0 Å². The van der Waals surface area contributed by atoms with E-state index in [-0.39, 0.29) is 5.41 Å². The third-order valence-corrected chi connectivity index (χ3v) is 9.54. The number of halogens is 1. The molecule has 0 bridgehead atoms. The van der Waals surface area contributed by atoms with Gasteiger partial charge in [0, 0.05) is 26.2 Å². The fraction of sp³-hybridized carbons (Fsp3) is 0.0270. The molecule has 0 amide bonds. The van der Waals surface area contributed by atoms with Crippen molar-refractivity contribution in [3.05, 3.63) is 167 Å². The molecule has 0 atom stereocenters. The largest absolute Gasteiger partial charge is 0.355 e. The van der Waals surface area contributed by atoms with E-state index in [1.807, 2.05) is 12.1 Å². The number of benzene rings is 6. The highest BCUT2D eigenvalue weighted by Crippen LogP contribution is 2.62. The zero-order chi connectivity index (χ0) is 26.7. The minimum absolute atomic E-state index is 0.385. The second-order valence-corrected chi connectivity index (χ2v) is 11.9. The Labute approximate surface area is 243 Å². The van der Waals surface area contributed by atoms with Crippen molar-refractivity contribution in [1.82, 2.24) is 0 Å². The molecule has 1 aliphatic heterocycles. The number of fused-ring (bicyclic) bond motifs is 9. The van der Waals surface area contributed by atoms with Gasteiger partial charge in [-0.3, -0.25) is 0 Å². The first kappa shape index (κ1) is 23.6. The number of anilines is 2. The Hall–Kier alpha value is -4.24. The SMILES string of the molecule is Clc1ccc2c(c1)Sc1cc(Nc3ccc(-c4ccccc4)cc3)ccc1C21c2ccccc2-c2ccccc21. The maximum atomic E-state index is 6.57. The van der Waals surface area contributed by atoms with Crippen LogP contribution in [0.4, 0.5) is 11.4 Å². The summed E-state index contributed by atoms with van der Waals surface area (Å²) in [5, 5.41) is 4.41. The molecule has 0 radical (unpaired) electrons. The van der Waals surface area contributed by atoms with Gasteiger partial charge in [0.1, 0.15) is 0 Å². The van der Waals surface area contributed by atoms with Crippen LogP contribution in [0.1, 0.15) is 22.3 Å². The molecule has 0 saturated carbocycles. The van der Waals surface area contributed by atoms with Crippen LogP contribution >= 0.6 is 23.4 Å². The first-order valence-corrected chi connectivity index (χ1v) is 14.7. The van der Waals surface area contributed by atoms with Gasteiger partial charge >= 0.3 is 0 Å². The summed E-state index contributed by atoms with van der Waals surface area (Å²) >= 11 is 8.38. The van der Waals surface area contributed by atoms with Gasteiger partial charge in [-0.25, -0.2) is 0 Å². The Kier molecular flexibility index (Phi) is 5.41. The molecule has 2 aliphatic rings. The highest BCUT2D eigenvalue weighted by Gasteiger charge is 2.50. The molecule has 1 N–H and O–H groups in total. The van der Waals surface area contributed by atoms with Crippen molar-refractivity contribution in [2.24, 2.45) is 0 Å². The van der Waals surface area contributed by atoms with Crippen LogP contribution in [-0.4, -0.2) is 0 Å². The Balaban J connectivity index is 1.26. The lowest BCUT2D eigenvalue weighted by Crippen LogP contribution is -2.32. The van der Waals surface area contributed by atoms with E-state index < -0.39 is 0 Å². The summed E-state index contributed by atoms with van der Waals surface area (Å²) in [7, 11) is 0. The van der Waals surface area contributed by atoms with E-state index in [0.717, 1.165) is 16.4 Å². The summed E-state index contributed by atoms with van der Waals surface area (Å²) in [6, 6.07) is 50.1. The second-order valence-electron chi connectivity index (χ2n) is 10.4. The molecule has 3 heteroatoms. The van der Waals surface area contributed by atoms with E-state index in [1.165, 1.54) is 54.3 Å². The van der Waals surface area contributed by atoms with E-state index in [2.05, 4.69) is 133 Å². The quantitative estimate of drug-likeness (QED) is 0.235. The van der Waals surface area contributed by atoms with Crippen molar-refractivity contribution in [2.75, 3.05) is 5.32 Å². The molecule has 1 aliphatic carbocycles. The molecule has 0 fully saturated rings. The van der Waals surface area contributed by atoms with Crippen LogP contribution in [0.15, 0.2) is 149 Å². The van der Waals surface area contributed by atoms with Crippen LogP contribution in [0.5, 0.6) is 0 Å². The lowest BCUT2D eigenvalue weighted by atomic mass is 9.67. The van der Waals surface area contributed by atoms with Crippen molar-refractivity contribution >= 4 is 34.7 Å². The van der Waals surface area contributed by atoms with Crippen molar-refractivity contribution in [3.63, 3.8) is 0 Å². The van der Waals surface area contributed by atoms with Crippen LogP contribution in [0.2, 0.25) is 5.02 Å². The Morgan fingerprint density at radius 2 is 1.02 bits per heavy atom. The van der Waals surface area contributed by atoms with Gasteiger partial charge in [-0.2, -0.15) is 0 Å². The molecule has 8 rings (SSSR count). The number of hydrogen-bond acceptors (Lipinski definition) is 2. The smallest absolute Gasteiger partial charge is 0.0735 e. The Morgan fingerprint density at radius 1 is 0.475 bits per heavy atom. The summed E-state index contributed by atoms with van der Waals surface area (Å²) in [5.74, 6) is 0. The van der Waals surface area contributed by atoms with Gasteiger partial charge in [-0.15, -0.1) is 0 Å². The van der Waals surface area contributed by atoms with Crippen LogP contribution in [0, 0.1) is 0 Å². The van der Waals surface area contributed by atoms with Crippen molar-refractivity contribution in [1.29, 1.82) is 0 Å². The molecule has 1 heterocycles. The summed E-state index contributed by atoms with van der Waals surface area (Å²) in [6.07, 6.45) is 0. The zero-order valence-electron chi connectivity index (χ0n) is 21.6. The van der Waals surface area contributed by atoms with E-state index in [0.29, 0.717) is 0 Å². The fourth-order valence-electron chi connectivity index (χ4n) is 6.51. The van der Waals surface area contributed by atoms with Crippen molar-refractivity contribution < 1.29 is 0 Å². The van der Waals surface area contributed by atoms with Gasteiger partial charge in [0.2, 0.25) is 0 Å². The standard InChI is InChI=1S/C37H24ClNS/c38-26-16-20-33-35(22-26)40-36-23-28(39-27-17-14-25(15-18-27)24-8-2-1-3-9-24)19-21-34(36)37(33)31-12-6-4-10-29(31)30-11-5-7-13-32(30)37/h1-23,39H. The van der Waals surface area contributed by atoms with Gasteiger partial charge < -0.3 is 5.32 Å². The van der Waals surface area contributed by atoms with Crippen LogP contribution in [-0.2, 0) is 5.41 Å². The molecule has 40 heavy (non-hydrogen) atoms. The molecular formula is C37H24ClNS. The highest BCUT2D eigenvalue weighted by atomic mass is 35.5. The normalized spacial score (nSPS) is 13.7. The predicted molar refractivity (Wildman–Crippen MR) is 168 cm³/mol. The maximum absolute atomic E-state index is 6.57. The summed E-state index contributed by atoms with van der Waals surface area (Å²) in [6.45, 7) is 0.